The van der Waals surface area contributed by atoms with E-state index >= 15 is 0 Å². The first-order valence-corrected chi connectivity index (χ1v) is 22.1. The first-order valence-electron chi connectivity index (χ1n) is 22.1. The second-order valence-corrected chi connectivity index (χ2v) is 18.5. The molecule has 2 aromatic carbocycles. The molecule has 6 heteroatoms. The molecule has 6 nitrogen and oxygen atoms in total. The predicted octanol–water partition coefficient (Wildman–Crippen LogP) is 8.37. The van der Waals surface area contributed by atoms with Crippen molar-refractivity contribution in [3.05, 3.63) is 58.7 Å². The maximum absolute atomic E-state index is 6.93. The molecule has 54 heavy (non-hydrogen) atoms. The van der Waals surface area contributed by atoms with Crippen LogP contribution < -0.4 is 9.47 Å². The summed E-state index contributed by atoms with van der Waals surface area (Å²) in [7, 11) is 0. The summed E-state index contributed by atoms with van der Waals surface area (Å²) < 4.78 is 18.7. The SMILES string of the molecule is CCCCCC[N+]12CC[N+](COc3cc(C(C)C)c(OC[N+]45CC[N+](CCCCCC)(CC4)CC5)cc3C#Cc3ccc(C#CC(C)C)cc3)(CC1)CC2. The minimum absolute atomic E-state index is 0.321. The van der Waals surface area contributed by atoms with E-state index in [1.807, 2.05) is 0 Å². The van der Waals surface area contributed by atoms with E-state index in [1.54, 1.807) is 0 Å². The minimum atomic E-state index is 0.321. The number of quaternary nitrogens is 4. The molecule has 8 rings (SSSR count). The Labute approximate surface area is 330 Å². The molecule has 0 amide bonds. The first-order chi connectivity index (χ1) is 26.1. The van der Waals surface area contributed by atoms with Gasteiger partial charge in [0.1, 0.15) is 90.0 Å². The van der Waals surface area contributed by atoms with Gasteiger partial charge in [0.25, 0.3) is 0 Å². The van der Waals surface area contributed by atoms with Crippen molar-refractivity contribution in [1.29, 1.82) is 0 Å². The fraction of sp³-hybridized carbons (Fsp3) is 0.667. The van der Waals surface area contributed by atoms with Crippen LogP contribution in [0.25, 0.3) is 0 Å². The van der Waals surface area contributed by atoms with E-state index in [9.17, 15) is 0 Å². The molecule has 0 unspecified atom stereocenters. The molecule has 6 heterocycles. The second kappa shape index (κ2) is 18.3. The van der Waals surface area contributed by atoms with Gasteiger partial charge in [-0.25, -0.2) is 0 Å². The summed E-state index contributed by atoms with van der Waals surface area (Å²) in [4.78, 5) is 0. The van der Waals surface area contributed by atoms with E-state index in [4.69, 9.17) is 9.47 Å². The van der Waals surface area contributed by atoms with Crippen LogP contribution in [-0.4, -0.2) is 123 Å². The summed E-state index contributed by atoms with van der Waals surface area (Å²) in [5.41, 5.74) is 4.19. The predicted molar refractivity (Wildman–Crippen MR) is 223 cm³/mol. The highest BCUT2D eigenvalue weighted by molar-refractivity contribution is 5.56. The number of hydrogen-bond acceptors (Lipinski definition) is 2. The number of hydrogen-bond donors (Lipinski definition) is 0. The van der Waals surface area contributed by atoms with Crippen LogP contribution in [0, 0.1) is 29.6 Å². The Kier molecular flexibility index (Phi) is 13.8. The third-order valence-corrected chi connectivity index (χ3v) is 13.7. The molecule has 6 aliphatic heterocycles. The molecule has 6 aliphatic rings. The van der Waals surface area contributed by atoms with Crippen LogP contribution in [0.1, 0.15) is 121 Å². The lowest BCUT2D eigenvalue weighted by Gasteiger charge is -2.55. The monoisotopic (exact) mass is 739 g/mol. The van der Waals surface area contributed by atoms with E-state index in [-0.39, 0.29) is 0 Å². The number of piperazine rings is 6. The molecule has 6 saturated heterocycles. The number of rotatable bonds is 17. The summed E-state index contributed by atoms with van der Waals surface area (Å²) in [5, 5.41) is 0. The molecule has 0 aromatic heterocycles. The lowest BCUT2D eigenvalue weighted by molar-refractivity contribution is -1.09. The van der Waals surface area contributed by atoms with Crippen molar-refractivity contribution < 1.29 is 27.4 Å². The molecular formula is C48H74N4O2+4. The number of unbranched alkanes of at least 4 members (excludes halogenated alkanes) is 6. The molecule has 0 aliphatic carbocycles. The fourth-order valence-electron chi connectivity index (χ4n) is 9.48. The van der Waals surface area contributed by atoms with Crippen LogP contribution >= 0.6 is 0 Å². The average molecular weight is 739 g/mol. The van der Waals surface area contributed by atoms with E-state index in [2.05, 4.69) is 102 Å². The Bertz CT molecular complexity index is 1610. The minimum Gasteiger partial charge on any atom is -0.445 e. The fourth-order valence-corrected chi connectivity index (χ4v) is 9.48. The van der Waals surface area contributed by atoms with Crippen molar-refractivity contribution in [3.8, 4) is 35.2 Å². The molecule has 0 radical (unpaired) electrons. The van der Waals surface area contributed by atoms with Crippen molar-refractivity contribution in [2.45, 2.75) is 98.8 Å². The topological polar surface area (TPSA) is 18.5 Å². The van der Waals surface area contributed by atoms with Crippen molar-refractivity contribution >= 4 is 0 Å². The van der Waals surface area contributed by atoms with Gasteiger partial charge < -0.3 is 18.4 Å². The average Bonchev–Trinajstić information content (AvgIpc) is 3.20. The van der Waals surface area contributed by atoms with Crippen molar-refractivity contribution in [2.24, 2.45) is 5.92 Å². The summed E-state index contributed by atoms with van der Waals surface area (Å²) in [6.07, 6.45) is 10.9. The Morgan fingerprint density at radius 3 is 1.41 bits per heavy atom. The van der Waals surface area contributed by atoms with E-state index in [0.29, 0.717) is 11.8 Å². The zero-order valence-corrected chi connectivity index (χ0v) is 35.2. The van der Waals surface area contributed by atoms with Gasteiger partial charge in [0.15, 0.2) is 0 Å². The highest BCUT2D eigenvalue weighted by Gasteiger charge is 2.50. The molecule has 0 atom stereocenters. The zero-order chi connectivity index (χ0) is 38.1. The lowest BCUT2D eigenvalue weighted by atomic mass is 9.99. The van der Waals surface area contributed by atoms with Gasteiger partial charge in [0, 0.05) is 28.7 Å². The molecule has 4 bridgehead atoms. The van der Waals surface area contributed by atoms with Gasteiger partial charge in [-0.15, -0.1) is 0 Å². The molecule has 0 saturated carbocycles. The highest BCUT2D eigenvalue weighted by atomic mass is 16.5. The molecule has 2 aromatic rings. The molecule has 0 spiro atoms. The number of nitrogens with zero attached hydrogens (tertiary/aromatic N) is 4. The summed E-state index contributed by atoms with van der Waals surface area (Å²) in [6, 6.07) is 12.8. The van der Waals surface area contributed by atoms with Gasteiger partial charge in [-0.3, -0.25) is 8.97 Å². The van der Waals surface area contributed by atoms with Crippen molar-refractivity contribution in [3.63, 3.8) is 0 Å². The third kappa shape index (κ3) is 10.2. The first kappa shape index (κ1) is 40.7. The summed E-state index contributed by atoms with van der Waals surface area (Å²) in [5.74, 6) is 16.2. The molecule has 294 valence electrons. The van der Waals surface area contributed by atoms with Gasteiger partial charge in [-0.05, 0) is 61.9 Å². The lowest BCUT2D eigenvalue weighted by Crippen LogP contribution is -2.75. The normalized spacial score (nSPS) is 27.0. The Morgan fingerprint density at radius 1 is 0.519 bits per heavy atom. The Morgan fingerprint density at radius 2 is 0.963 bits per heavy atom. The van der Waals surface area contributed by atoms with Crippen LogP contribution in [-0.2, 0) is 0 Å². The maximum atomic E-state index is 6.93. The Hall–Kier alpha value is -3.00. The molecule has 6 fully saturated rings. The maximum Gasteiger partial charge on any atom is 0.224 e. The Balaban J connectivity index is 1.19. The highest BCUT2D eigenvalue weighted by Crippen LogP contribution is 2.36. The smallest absolute Gasteiger partial charge is 0.224 e. The largest absolute Gasteiger partial charge is 0.445 e. The second-order valence-electron chi connectivity index (χ2n) is 18.5. The number of ether oxygens (including phenoxy) is 2. The van der Waals surface area contributed by atoms with Gasteiger partial charge >= 0.3 is 0 Å². The summed E-state index contributed by atoms with van der Waals surface area (Å²) in [6.45, 7) is 32.8. The van der Waals surface area contributed by atoms with Crippen LogP contribution in [0.5, 0.6) is 11.5 Å². The van der Waals surface area contributed by atoms with Crippen molar-refractivity contribution in [1.82, 2.24) is 0 Å². The van der Waals surface area contributed by atoms with Crippen LogP contribution in [0.3, 0.4) is 0 Å². The van der Waals surface area contributed by atoms with Crippen molar-refractivity contribution in [2.75, 3.05) is 105 Å². The van der Waals surface area contributed by atoms with E-state index in [0.717, 1.165) is 50.6 Å². The molecular weight excluding hydrogens is 665 g/mol. The third-order valence-electron chi connectivity index (χ3n) is 13.7. The van der Waals surface area contributed by atoms with Crippen LogP contribution in [0.2, 0.25) is 0 Å². The zero-order valence-electron chi connectivity index (χ0n) is 35.2. The number of benzene rings is 2. The van der Waals surface area contributed by atoms with Gasteiger partial charge in [-0.1, -0.05) is 90.9 Å². The van der Waals surface area contributed by atoms with E-state index in [1.165, 1.54) is 158 Å². The standard InChI is InChI=1S/C48H74N4O2/c1-7-9-11-13-23-49-25-31-51(32-26-49,33-27-49)39-53-47-38-46(42(5)6)48(37-45(47)22-21-44-19-17-43(18-20-44)16-15-41(3)4)54-40-52-34-28-50(29-35-52,30-36-52)24-14-12-10-8-2/h17-20,37-38,41-42H,7-14,23-36,39-40H2,1-6H3/q+4. The van der Waals surface area contributed by atoms with Crippen LogP contribution in [0.4, 0.5) is 0 Å². The van der Waals surface area contributed by atoms with Crippen LogP contribution in [0.15, 0.2) is 36.4 Å². The van der Waals surface area contributed by atoms with Gasteiger partial charge in [-0.2, -0.15) is 0 Å². The summed E-state index contributed by atoms with van der Waals surface area (Å²) >= 11 is 0. The van der Waals surface area contributed by atoms with Gasteiger partial charge in [0.05, 0.1) is 18.7 Å². The number of fused-ring (bicyclic) bond motifs is 6. The molecule has 0 N–H and O–H groups in total. The van der Waals surface area contributed by atoms with E-state index < -0.39 is 0 Å². The van der Waals surface area contributed by atoms with Gasteiger partial charge in [0.2, 0.25) is 13.5 Å². The quantitative estimate of drug-likeness (QED) is 0.0923.